The minimum atomic E-state index is -0.604. The van der Waals surface area contributed by atoms with Crippen LogP contribution >= 0.6 is 0 Å². The molecule has 5 N–H and O–H groups in total. The van der Waals surface area contributed by atoms with E-state index < -0.39 is 5.91 Å². The molecule has 0 radical (unpaired) electrons. The van der Waals surface area contributed by atoms with E-state index in [1.807, 2.05) is 13.8 Å². The minimum Gasteiger partial charge on any atom is -0.393 e. The molecule has 0 rings (SSSR count). The maximum Gasteiger partial charge on any atom is 0.266 e. The van der Waals surface area contributed by atoms with Gasteiger partial charge >= 0.3 is 0 Å². The maximum atomic E-state index is 10.3. The van der Waals surface area contributed by atoms with Crippen LogP contribution in [0.3, 0.4) is 0 Å². The monoisotopic (exact) mass is 143 g/mol. The van der Waals surface area contributed by atoms with Crippen LogP contribution in [-0.2, 0) is 4.79 Å². The van der Waals surface area contributed by atoms with Crippen molar-refractivity contribution in [1.82, 2.24) is 5.32 Å². The quantitative estimate of drug-likeness (QED) is 0.455. The third-order valence-electron chi connectivity index (χ3n) is 0.857. The normalized spacial score (nSPS) is 11.7. The third kappa shape index (κ3) is 3.77. The van der Waals surface area contributed by atoms with Crippen molar-refractivity contribution < 1.29 is 4.79 Å². The third-order valence-corrected chi connectivity index (χ3v) is 0.857. The van der Waals surface area contributed by atoms with E-state index in [9.17, 15) is 4.79 Å². The van der Waals surface area contributed by atoms with Crippen molar-refractivity contribution >= 4 is 5.91 Å². The molecule has 0 aliphatic rings. The topological polar surface area (TPSA) is 81.1 Å². The molecule has 0 aliphatic heterocycles. The molecule has 0 bridgehead atoms. The lowest BCUT2D eigenvalue weighted by Crippen LogP contribution is -2.25. The standard InChI is InChI=1S/C6H13N3O/c1-4(2)9-3-5(7)6(8)10/h3-4,9H,7H2,1-2H3,(H2,8,10)/b5-3-. The fraction of sp³-hybridized carbons (Fsp3) is 0.500. The molecular weight excluding hydrogens is 130 g/mol. The molecule has 10 heavy (non-hydrogen) atoms. The maximum absolute atomic E-state index is 10.3. The first-order chi connectivity index (χ1) is 4.54. The first-order valence-corrected chi connectivity index (χ1v) is 3.05. The van der Waals surface area contributed by atoms with Crippen molar-refractivity contribution in [2.75, 3.05) is 0 Å². The Morgan fingerprint density at radius 1 is 1.50 bits per heavy atom. The summed E-state index contributed by atoms with van der Waals surface area (Å²) in [7, 11) is 0. The fourth-order valence-electron chi connectivity index (χ4n) is 0.328. The number of amides is 1. The number of primary amides is 1. The number of nitrogens with two attached hydrogens (primary N) is 2. The zero-order valence-corrected chi connectivity index (χ0v) is 6.22. The van der Waals surface area contributed by atoms with Crippen LogP contribution < -0.4 is 16.8 Å². The molecule has 0 saturated carbocycles. The zero-order valence-electron chi connectivity index (χ0n) is 6.22. The molecule has 0 fully saturated rings. The average molecular weight is 143 g/mol. The van der Waals surface area contributed by atoms with Gasteiger partial charge < -0.3 is 16.8 Å². The Labute approximate surface area is 60.3 Å². The molecule has 0 unspecified atom stereocenters. The van der Waals surface area contributed by atoms with E-state index in [0.29, 0.717) is 0 Å². The lowest BCUT2D eigenvalue weighted by Gasteiger charge is -2.03. The van der Waals surface area contributed by atoms with E-state index in [2.05, 4.69) is 5.32 Å². The second-order valence-corrected chi connectivity index (χ2v) is 2.29. The van der Waals surface area contributed by atoms with E-state index in [0.717, 1.165) is 0 Å². The van der Waals surface area contributed by atoms with Gasteiger partial charge in [-0.3, -0.25) is 4.79 Å². The lowest BCUT2D eigenvalue weighted by atomic mass is 10.4. The predicted octanol–water partition coefficient (Wildman–Crippen LogP) is -0.730. The number of carbonyl (C=O) groups excluding carboxylic acids is 1. The summed E-state index contributed by atoms with van der Waals surface area (Å²) in [6.45, 7) is 3.87. The Morgan fingerprint density at radius 2 is 2.00 bits per heavy atom. The van der Waals surface area contributed by atoms with Crippen molar-refractivity contribution in [2.45, 2.75) is 19.9 Å². The van der Waals surface area contributed by atoms with Crippen LogP contribution in [0.4, 0.5) is 0 Å². The summed E-state index contributed by atoms with van der Waals surface area (Å²) in [5.74, 6) is -0.604. The van der Waals surface area contributed by atoms with Crippen molar-refractivity contribution in [3.05, 3.63) is 11.9 Å². The van der Waals surface area contributed by atoms with Crippen LogP contribution in [-0.4, -0.2) is 11.9 Å². The van der Waals surface area contributed by atoms with Gasteiger partial charge in [0.05, 0.1) is 0 Å². The van der Waals surface area contributed by atoms with Gasteiger partial charge in [-0.2, -0.15) is 0 Å². The Kier molecular flexibility index (Phi) is 3.32. The molecule has 0 saturated heterocycles. The highest BCUT2D eigenvalue weighted by atomic mass is 16.1. The average Bonchev–Trinajstić information content (AvgIpc) is 1.82. The first-order valence-electron chi connectivity index (χ1n) is 3.05. The van der Waals surface area contributed by atoms with Gasteiger partial charge in [-0.25, -0.2) is 0 Å². The highest BCUT2D eigenvalue weighted by Gasteiger charge is 1.96. The number of nitrogens with one attached hydrogen (secondary N) is 1. The Bertz CT molecular complexity index is 151. The molecule has 0 heterocycles. The second kappa shape index (κ2) is 3.76. The summed E-state index contributed by atoms with van der Waals surface area (Å²) >= 11 is 0. The van der Waals surface area contributed by atoms with Crippen LogP contribution in [0.15, 0.2) is 11.9 Å². The second-order valence-electron chi connectivity index (χ2n) is 2.29. The van der Waals surface area contributed by atoms with Crippen LogP contribution in [0.1, 0.15) is 13.8 Å². The highest BCUT2D eigenvalue weighted by molar-refractivity contribution is 5.90. The zero-order chi connectivity index (χ0) is 8.15. The van der Waals surface area contributed by atoms with Crippen molar-refractivity contribution in [3.8, 4) is 0 Å². The molecule has 4 nitrogen and oxygen atoms in total. The van der Waals surface area contributed by atoms with E-state index in [1.54, 1.807) is 0 Å². The van der Waals surface area contributed by atoms with Crippen LogP contribution in [0.25, 0.3) is 0 Å². The molecule has 0 aromatic carbocycles. The summed E-state index contributed by atoms with van der Waals surface area (Å²) in [5.41, 5.74) is 10.1. The summed E-state index contributed by atoms with van der Waals surface area (Å²) < 4.78 is 0. The van der Waals surface area contributed by atoms with Crippen LogP contribution in [0.5, 0.6) is 0 Å². The van der Waals surface area contributed by atoms with Crippen LogP contribution in [0.2, 0.25) is 0 Å². The number of carbonyl (C=O) groups is 1. The minimum absolute atomic E-state index is 0.0497. The van der Waals surface area contributed by atoms with Gasteiger partial charge in [0.1, 0.15) is 5.70 Å². The molecule has 4 heteroatoms. The van der Waals surface area contributed by atoms with Gasteiger partial charge in [0, 0.05) is 12.2 Å². The molecule has 0 aromatic rings. The first kappa shape index (κ1) is 8.81. The molecule has 0 aliphatic carbocycles. The highest BCUT2D eigenvalue weighted by Crippen LogP contribution is 1.80. The van der Waals surface area contributed by atoms with Crippen molar-refractivity contribution in [3.63, 3.8) is 0 Å². The fourth-order valence-corrected chi connectivity index (χ4v) is 0.328. The van der Waals surface area contributed by atoms with Crippen molar-refractivity contribution in [1.29, 1.82) is 0 Å². The largest absolute Gasteiger partial charge is 0.393 e. The van der Waals surface area contributed by atoms with Crippen LogP contribution in [0, 0.1) is 0 Å². The van der Waals surface area contributed by atoms with E-state index in [1.165, 1.54) is 6.20 Å². The number of hydrogen-bond donors (Lipinski definition) is 3. The summed E-state index contributed by atoms with van der Waals surface area (Å²) in [6.07, 6.45) is 1.41. The number of rotatable bonds is 3. The van der Waals surface area contributed by atoms with Gasteiger partial charge in [0.2, 0.25) is 0 Å². The lowest BCUT2D eigenvalue weighted by molar-refractivity contribution is -0.114. The van der Waals surface area contributed by atoms with Gasteiger partial charge in [0.15, 0.2) is 0 Å². The summed E-state index contributed by atoms with van der Waals surface area (Å²) in [4.78, 5) is 10.3. The summed E-state index contributed by atoms with van der Waals surface area (Å²) in [6, 6.07) is 0.262. The molecule has 58 valence electrons. The number of hydrogen-bond acceptors (Lipinski definition) is 3. The summed E-state index contributed by atoms with van der Waals surface area (Å²) in [5, 5.41) is 2.84. The Hall–Kier alpha value is -1.19. The molecule has 1 amide bonds. The van der Waals surface area contributed by atoms with Gasteiger partial charge in [-0.05, 0) is 13.8 Å². The van der Waals surface area contributed by atoms with E-state index in [-0.39, 0.29) is 11.7 Å². The molecular formula is C6H13N3O. The van der Waals surface area contributed by atoms with Gasteiger partial charge in [0.25, 0.3) is 5.91 Å². The van der Waals surface area contributed by atoms with Crippen molar-refractivity contribution in [2.24, 2.45) is 11.5 Å². The van der Waals surface area contributed by atoms with E-state index >= 15 is 0 Å². The predicted molar refractivity (Wildman–Crippen MR) is 39.7 cm³/mol. The Balaban J connectivity index is 3.81. The molecule has 0 spiro atoms. The SMILES string of the molecule is CC(C)N/C=C(\N)C(N)=O. The Morgan fingerprint density at radius 3 is 2.30 bits per heavy atom. The smallest absolute Gasteiger partial charge is 0.266 e. The van der Waals surface area contributed by atoms with Gasteiger partial charge in [-0.15, -0.1) is 0 Å². The van der Waals surface area contributed by atoms with Gasteiger partial charge in [-0.1, -0.05) is 0 Å². The molecule has 0 atom stereocenters. The molecule has 0 aromatic heterocycles. The van der Waals surface area contributed by atoms with E-state index in [4.69, 9.17) is 11.5 Å².